The van der Waals surface area contributed by atoms with E-state index in [0.29, 0.717) is 33.5 Å². The zero-order valence-electron chi connectivity index (χ0n) is 20.1. The number of nitrogens with one attached hydrogen (secondary N) is 1. The summed E-state index contributed by atoms with van der Waals surface area (Å²) in [5.74, 6) is 2.08. The van der Waals surface area contributed by atoms with Crippen molar-refractivity contribution >= 4 is 58.2 Å². The maximum atomic E-state index is 14.1. The largest absolute Gasteiger partial charge is 0.483 e. The van der Waals surface area contributed by atoms with E-state index in [-0.39, 0.29) is 40.1 Å². The lowest BCUT2D eigenvalue weighted by molar-refractivity contribution is -0.113. The molecule has 2 saturated carbocycles. The molecule has 4 atom stereocenters. The number of anilines is 1. The molecule has 1 N–H and O–H groups in total. The number of carbonyl (C=O) groups excluding carboxylic acids is 1. The molecular weight excluding hydrogens is 558 g/mol. The van der Waals surface area contributed by atoms with Crippen LogP contribution in [0.3, 0.4) is 0 Å². The topological polar surface area (TPSA) is 69.0 Å². The molecule has 2 aliphatic carbocycles. The van der Waals surface area contributed by atoms with Gasteiger partial charge in [-0.3, -0.25) is 9.36 Å². The van der Waals surface area contributed by atoms with Gasteiger partial charge in [0.15, 0.2) is 22.5 Å². The van der Waals surface area contributed by atoms with Crippen LogP contribution in [0.25, 0.3) is 0 Å². The number of amides is 1. The van der Waals surface area contributed by atoms with E-state index in [0.717, 1.165) is 5.92 Å². The third kappa shape index (κ3) is 5.87. The van der Waals surface area contributed by atoms with E-state index in [9.17, 15) is 9.18 Å². The van der Waals surface area contributed by atoms with Crippen molar-refractivity contribution < 1.29 is 13.9 Å². The molecule has 11 heteroatoms. The molecule has 0 radical (unpaired) electrons. The number of thioether (sulfide) groups is 1. The van der Waals surface area contributed by atoms with Gasteiger partial charge in [-0.05, 0) is 68.2 Å². The van der Waals surface area contributed by atoms with Gasteiger partial charge in [0, 0.05) is 11.1 Å². The van der Waals surface area contributed by atoms with Crippen LogP contribution in [0, 0.1) is 23.6 Å². The molecule has 1 heterocycles. The van der Waals surface area contributed by atoms with E-state index < -0.39 is 5.82 Å². The Bertz CT molecular complexity index is 1280. The molecule has 2 aromatic carbocycles. The number of benzene rings is 2. The molecular formula is C26H26Cl3FN4O2S. The van der Waals surface area contributed by atoms with Crippen LogP contribution in [0.5, 0.6) is 5.75 Å². The second-order valence-electron chi connectivity index (χ2n) is 9.65. The van der Waals surface area contributed by atoms with Crippen LogP contribution in [0.1, 0.15) is 44.5 Å². The predicted molar refractivity (Wildman–Crippen MR) is 145 cm³/mol. The molecule has 0 spiro atoms. The van der Waals surface area contributed by atoms with Crippen LogP contribution in [0.2, 0.25) is 15.1 Å². The minimum atomic E-state index is -0.430. The molecule has 0 saturated heterocycles. The molecule has 0 unspecified atom stereocenters. The summed E-state index contributed by atoms with van der Waals surface area (Å²) < 4.78 is 22.0. The van der Waals surface area contributed by atoms with Gasteiger partial charge < -0.3 is 10.1 Å². The van der Waals surface area contributed by atoms with Gasteiger partial charge in [0.05, 0.1) is 21.5 Å². The first-order valence-electron chi connectivity index (χ1n) is 12.2. The fraction of sp³-hybridized carbons (Fsp3) is 0.423. The van der Waals surface area contributed by atoms with Crippen molar-refractivity contribution in [1.82, 2.24) is 14.8 Å². The molecule has 5 rings (SSSR count). The Kier molecular flexibility index (Phi) is 8.19. The highest BCUT2D eigenvalue weighted by molar-refractivity contribution is 7.99. The number of para-hydroxylation sites is 1. The second-order valence-corrected chi connectivity index (χ2v) is 11.8. The fourth-order valence-corrected chi connectivity index (χ4v) is 7.41. The molecule has 37 heavy (non-hydrogen) atoms. The summed E-state index contributed by atoms with van der Waals surface area (Å²) in [6.45, 7) is 2.25. The molecule has 0 aliphatic heterocycles. The number of fused-ring (bicyclic) bond motifs is 2. The number of aromatic nitrogens is 3. The molecule has 2 fully saturated rings. The number of nitrogens with zero attached hydrogens (tertiary/aromatic N) is 3. The van der Waals surface area contributed by atoms with Crippen LogP contribution in [-0.4, -0.2) is 26.4 Å². The summed E-state index contributed by atoms with van der Waals surface area (Å²) in [6, 6.07) is 9.45. The maximum Gasteiger partial charge on any atom is 0.234 e. The van der Waals surface area contributed by atoms with Crippen molar-refractivity contribution in [3.05, 3.63) is 63.1 Å². The van der Waals surface area contributed by atoms with Gasteiger partial charge in [0.25, 0.3) is 0 Å². The summed E-state index contributed by atoms with van der Waals surface area (Å²) in [4.78, 5) is 12.8. The van der Waals surface area contributed by atoms with Crippen molar-refractivity contribution in [3.63, 3.8) is 0 Å². The lowest BCUT2D eigenvalue weighted by Crippen LogP contribution is -2.25. The average Bonchev–Trinajstić information content (AvgIpc) is 3.60. The lowest BCUT2D eigenvalue weighted by Gasteiger charge is -2.30. The molecule has 196 valence electrons. The normalized spacial score (nSPS) is 21.3. The van der Waals surface area contributed by atoms with E-state index in [2.05, 4.69) is 27.0 Å². The van der Waals surface area contributed by atoms with Crippen LogP contribution in [0.15, 0.2) is 41.6 Å². The highest BCUT2D eigenvalue weighted by Gasteiger charge is 2.43. The molecule has 3 aromatic rings. The van der Waals surface area contributed by atoms with E-state index in [1.54, 1.807) is 18.2 Å². The summed E-state index contributed by atoms with van der Waals surface area (Å²) in [7, 11) is 0. The number of ether oxygens (including phenoxy) is 1. The first-order valence-corrected chi connectivity index (χ1v) is 14.3. The Hall–Kier alpha value is -2.00. The van der Waals surface area contributed by atoms with E-state index in [4.69, 9.17) is 39.5 Å². The predicted octanol–water partition coefficient (Wildman–Crippen LogP) is 7.68. The lowest BCUT2D eigenvalue weighted by atomic mass is 9.84. The molecule has 2 aliphatic rings. The standard InChI is InChI=1S/C26H26Cl3FN4O2S/c1-14(18-9-15-6-7-16(18)8-15)34-23(12-36-22-5-3-2-4-21(22)30)32-33-26(34)37-13-24(35)31-25-19(28)10-17(27)11-20(25)29/h2-5,10-11,14-16,18H,6-9,12-13H2,1H3,(H,31,35)/t14-,15-,16-,18-/m1/s1. The summed E-state index contributed by atoms with van der Waals surface area (Å²) >= 11 is 19.7. The van der Waals surface area contributed by atoms with Crippen molar-refractivity contribution in [2.75, 3.05) is 11.1 Å². The zero-order chi connectivity index (χ0) is 26.1. The highest BCUT2D eigenvalue weighted by atomic mass is 35.5. The highest BCUT2D eigenvalue weighted by Crippen LogP contribution is 2.52. The Morgan fingerprint density at radius 1 is 1.19 bits per heavy atom. The van der Waals surface area contributed by atoms with Crippen LogP contribution in [-0.2, 0) is 11.4 Å². The van der Waals surface area contributed by atoms with Crippen LogP contribution < -0.4 is 10.1 Å². The first kappa shape index (κ1) is 26.6. The Morgan fingerprint density at radius 3 is 2.62 bits per heavy atom. The van der Waals surface area contributed by atoms with E-state index >= 15 is 0 Å². The van der Waals surface area contributed by atoms with Gasteiger partial charge in [-0.15, -0.1) is 10.2 Å². The van der Waals surface area contributed by atoms with Gasteiger partial charge in [0.1, 0.15) is 6.61 Å². The Labute approximate surface area is 234 Å². The fourth-order valence-electron chi connectivity index (χ4n) is 5.66. The molecule has 1 amide bonds. The van der Waals surface area contributed by atoms with Crippen LogP contribution >= 0.6 is 46.6 Å². The summed E-state index contributed by atoms with van der Waals surface area (Å²) in [5.41, 5.74) is 0.314. The van der Waals surface area contributed by atoms with Gasteiger partial charge in [0.2, 0.25) is 5.91 Å². The average molecular weight is 584 g/mol. The van der Waals surface area contributed by atoms with Crippen molar-refractivity contribution in [3.8, 4) is 5.75 Å². The molecule has 6 nitrogen and oxygen atoms in total. The summed E-state index contributed by atoms with van der Waals surface area (Å²) in [6.07, 6.45) is 4.99. The van der Waals surface area contributed by atoms with Crippen molar-refractivity contribution in [2.45, 2.75) is 50.4 Å². The number of rotatable bonds is 9. The SMILES string of the molecule is C[C@H]([C@H]1C[C@@H]2CC[C@@H]1C2)n1c(COc2ccccc2F)nnc1SCC(=O)Nc1c(Cl)cc(Cl)cc1Cl. The minimum Gasteiger partial charge on any atom is -0.483 e. The third-order valence-corrected chi connectivity index (χ3v) is 9.11. The number of hydrogen-bond acceptors (Lipinski definition) is 5. The minimum absolute atomic E-state index is 0.0713. The van der Waals surface area contributed by atoms with Gasteiger partial charge >= 0.3 is 0 Å². The third-order valence-electron chi connectivity index (χ3n) is 7.35. The van der Waals surface area contributed by atoms with E-state index in [1.807, 2.05) is 0 Å². The van der Waals surface area contributed by atoms with Crippen molar-refractivity contribution in [1.29, 1.82) is 0 Å². The van der Waals surface area contributed by atoms with Crippen LogP contribution in [0.4, 0.5) is 10.1 Å². The zero-order valence-corrected chi connectivity index (χ0v) is 23.2. The second kappa shape index (κ2) is 11.4. The first-order chi connectivity index (χ1) is 17.8. The molecule has 2 bridgehead atoms. The monoisotopic (exact) mass is 582 g/mol. The number of halogens is 4. The van der Waals surface area contributed by atoms with Gasteiger partial charge in [-0.2, -0.15) is 0 Å². The molecule has 1 aromatic heterocycles. The van der Waals surface area contributed by atoms with Gasteiger partial charge in [-0.1, -0.05) is 65.1 Å². The Morgan fingerprint density at radius 2 is 1.95 bits per heavy atom. The smallest absolute Gasteiger partial charge is 0.234 e. The number of carbonyl (C=O) groups is 1. The summed E-state index contributed by atoms with van der Waals surface area (Å²) in [5, 5.41) is 13.0. The Balaban J connectivity index is 1.33. The maximum absolute atomic E-state index is 14.1. The quantitative estimate of drug-likeness (QED) is 0.262. The van der Waals surface area contributed by atoms with Crippen molar-refractivity contribution in [2.24, 2.45) is 17.8 Å². The van der Waals surface area contributed by atoms with Gasteiger partial charge in [-0.25, -0.2) is 4.39 Å². The number of hydrogen-bond donors (Lipinski definition) is 1. The van der Waals surface area contributed by atoms with E-state index in [1.165, 1.54) is 55.6 Å².